The molecule has 0 unspecified atom stereocenters. The van der Waals surface area contributed by atoms with Crippen molar-refractivity contribution in [3.05, 3.63) is 0 Å². The van der Waals surface area contributed by atoms with Gasteiger partial charge in [0.05, 0.1) is 0 Å². The van der Waals surface area contributed by atoms with Crippen molar-refractivity contribution >= 4 is 0 Å². The summed E-state index contributed by atoms with van der Waals surface area (Å²) in [7, 11) is 2.24. The van der Waals surface area contributed by atoms with E-state index in [2.05, 4.69) is 39.6 Å². The Kier molecular flexibility index (Phi) is 5.56. The molecule has 0 heterocycles. The van der Waals surface area contributed by atoms with Gasteiger partial charge in [-0.05, 0) is 40.3 Å². The predicted octanol–water partition coefficient (Wildman–Crippen LogP) is 3.30. The summed E-state index contributed by atoms with van der Waals surface area (Å²) >= 11 is 0. The fraction of sp³-hybridized carbons (Fsp3) is 1.00. The van der Waals surface area contributed by atoms with Crippen LogP contribution in [-0.2, 0) is 0 Å². The highest BCUT2D eigenvalue weighted by Gasteiger charge is 2.21. The van der Waals surface area contributed by atoms with Crippen LogP contribution >= 0.6 is 0 Å². The zero-order valence-electron chi connectivity index (χ0n) is 9.48. The van der Waals surface area contributed by atoms with E-state index in [4.69, 9.17) is 0 Å². The van der Waals surface area contributed by atoms with Crippen LogP contribution in [0.3, 0.4) is 0 Å². The van der Waals surface area contributed by atoms with Crippen molar-refractivity contribution in [2.45, 2.75) is 58.9 Å². The molecule has 0 radical (unpaired) electrons. The zero-order chi connectivity index (χ0) is 9.61. The first kappa shape index (κ1) is 12.0. The Labute approximate surface area is 78.1 Å². The molecule has 0 N–H and O–H groups in total. The maximum absolute atomic E-state index is 2.47. The van der Waals surface area contributed by atoms with Crippen LogP contribution in [0.2, 0.25) is 0 Å². The second-order valence-electron chi connectivity index (χ2n) is 4.34. The Morgan fingerprint density at radius 2 is 1.67 bits per heavy atom. The monoisotopic (exact) mass is 171 g/mol. The van der Waals surface area contributed by atoms with Crippen molar-refractivity contribution in [3.8, 4) is 0 Å². The van der Waals surface area contributed by atoms with Crippen LogP contribution in [0, 0.1) is 0 Å². The molecule has 0 aromatic heterocycles. The smallest absolute Gasteiger partial charge is 0.0150 e. The molecule has 1 nitrogen and oxygen atoms in total. The molecule has 0 aliphatic heterocycles. The van der Waals surface area contributed by atoms with E-state index < -0.39 is 0 Å². The molecule has 74 valence electrons. The van der Waals surface area contributed by atoms with Gasteiger partial charge in [0.2, 0.25) is 0 Å². The lowest BCUT2D eigenvalue weighted by Gasteiger charge is -2.35. The quantitative estimate of drug-likeness (QED) is 0.592. The van der Waals surface area contributed by atoms with Crippen LogP contribution in [0.15, 0.2) is 0 Å². The Balaban J connectivity index is 3.81. The lowest BCUT2D eigenvalue weighted by atomic mass is 9.95. The molecule has 0 amide bonds. The van der Waals surface area contributed by atoms with Crippen LogP contribution in [0.5, 0.6) is 0 Å². The van der Waals surface area contributed by atoms with Crippen LogP contribution in [0.4, 0.5) is 0 Å². The third-order valence-electron chi connectivity index (χ3n) is 2.73. The average molecular weight is 171 g/mol. The third-order valence-corrected chi connectivity index (χ3v) is 2.73. The van der Waals surface area contributed by atoms with Gasteiger partial charge in [0.25, 0.3) is 0 Å². The van der Waals surface area contributed by atoms with E-state index in [1.165, 1.54) is 32.2 Å². The third kappa shape index (κ3) is 4.10. The molecule has 12 heavy (non-hydrogen) atoms. The molecule has 1 heteroatoms. The largest absolute Gasteiger partial charge is 0.301 e. The molecule has 0 saturated carbocycles. The Morgan fingerprint density at radius 3 is 2.08 bits per heavy atom. The average Bonchev–Trinajstić information content (AvgIpc) is 2.01. The first-order valence-corrected chi connectivity index (χ1v) is 5.25. The van der Waals surface area contributed by atoms with E-state index in [1.54, 1.807) is 0 Å². The maximum atomic E-state index is 2.47. The second-order valence-corrected chi connectivity index (χ2v) is 4.34. The van der Waals surface area contributed by atoms with Gasteiger partial charge in [0.1, 0.15) is 0 Å². The standard InChI is InChI=1S/C11H25N/c1-6-8-9-11(3,4)12(5)10-7-2/h6-10H2,1-5H3. The first-order chi connectivity index (χ1) is 5.54. The van der Waals surface area contributed by atoms with E-state index in [0.29, 0.717) is 5.54 Å². The predicted molar refractivity (Wildman–Crippen MR) is 56.5 cm³/mol. The summed E-state index contributed by atoms with van der Waals surface area (Å²) in [5.74, 6) is 0. The highest BCUT2D eigenvalue weighted by molar-refractivity contribution is 4.78. The van der Waals surface area contributed by atoms with Gasteiger partial charge in [-0.15, -0.1) is 0 Å². The van der Waals surface area contributed by atoms with Crippen molar-refractivity contribution < 1.29 is 0 Å². The van der Waals surface area contributed by atoms with Crippen molar-refractivity contribution in [2.24, 2.45) is 0 Å². The fourth-order valence-corrected chi connectivity index (χ4v) is 1.44. The summed E-state index contributed by atoms with van der Waals surface area (Å²) in [5, 5.41) is 0. The number of hydrogen-bond acceptors (Lipinski definition) is 1. The Bertz CT molecular complexity index is 108. The lowest BCUT2D eigenvalue weighted by molar-refractivity contribution is 0.142. The minimum Gasteiger partial charge on any atom is -0.301 e. The molecule has 0 rings (SSSR count). The number of rotatable bonds is 6. The van der Waals surface area contributed by atoms with E-state index in [9.17, 15) is 0 Å². The normalized spacial score (nSPS) is 12.5. The lowest BCUT2D eigenvalue weighted by Crippen LogP contribution is -2.41. The fourth-order valence-electron chi connectivity index (χ4n) is 1.44. The van der Waals surface area contributed by atoms with Gasteiger partial charge in [-0.3, -0.25) is 0 Å². The molecule has 0 aliphatic carbocycles. The topological polar surface area (TPSA) is 3.24 Å². The van der Waals surface area contributed by atoms with E-state index >= 15 is 0 Å². The van der Waals surface area contributed by atoms with Gasteiger partial charge in [-0.1, -0.05) is 26.7 Å². The van der Waals surface area contributed by atoms with Gasteiger partial charge in [0.15, 0.2) is 0 Å². The highest BCUT2D eigenvalue weighted by atomic mass is 15.2. The van der Waals surface area contributed by atoms with Crippen LogP contribution in [0.1, 0.15) is 53.4 Å². The van der Waals surface area contributed by atoms with Gasteiger partial charge in [-0.2, -0.15) is 0 Å². The van der Waals surface area contributed by atoms with E-state index in [1.807, 2.05) is 0 Å². The second kappa shape index (κ2) is 5.58. The molecule has 0 atom stereocenters. The van der Waals surface area contributed by atoms with Gasteiger partial charge in [-0.25, -0.2) is 0 Å². The van der Waals surface area contributed by atoms with Crippen LogP contribution < -0.4 is 0 Å². The van der Waals surface area contributed by atoms with Gasteiger partial charge < -0.3 is 4.90 Å². The SMILES string of the molecule is CCCCC(C)(C)N(C)CCC. The molecule has 0 fully saturated rings. The minimum absolute atomic E-state index is 0.395. The van der Waals surface area contributed by atoms with Crippen LogP contribution in [-0.4, -0.2) is 24.0 Å². The Hall–Kier alpha value is -0.0400. The molecule has 0 saturated heterocycles. The molecule has 0 aliphatic rings. The summed E-state index contributed by atoms with van der Waals surface area (Å²) in [6.07, 6.45) is 5.23. The van der Waals surface area contributed by atoms with Gasteiger partial charge in [0, 0.05) is 5.54 Å². The van der Waals surface area contributed by atoms with E-state index in [0.717, 1.165) is 0 Å². The van der Waals surface area contributed by atoms with Crippen molar-refractivity contribution in [2.75, 3.05) is 13.6 Å². The molecule has 0 aromatic carbocycles. The molecule has 0 bridgehead atoms. The number of nitrogens with zero attached hydrogens (tertiary/aromatic N) is 1. The van der Waals surface area contributed by atoms with Crippen molar-refractivity contribution in [1.29, 1.82) is 0 Å². The summed E-state index contributed by atoms with van der Waals surface area (Å²) < 4.78 is 0. The Morgan fingerprint density at radius 1 is 1.08 bits per heavy atom. The molecular formula is C11H25N. The van der Waals surface area contributed by atoms with E-state index in [-0.39, 0.29) is 0 Å². The molecular weight excluding hydrogens is 146 g/mol. The summed E-state index contributed by atoms with van der Waals surface area (Å²) in [6, 6.07) is 0. The molecule has 0 spiro atoms. The highest BCUT2D eigenvalue weighted by Crippen LogP contribution is 2.19. The maximum Gasteiger partial charge on any atom is 0.0150 e. The first-order valence-electron chi connectivity index (χ1n) is 5.25. The number of hydrogen-bond donors (Lipinski definition) is 0. The summed E-state index contributed by atoms with van der Waals surface area (Å²) in [6.45, 7) is 10.4. The molecule has 0 aromatic rings. The zero-order valence-corrected chi connectivity index (χ0v) is 9.48. The van der Waals surface area contributed by atoms with Gasteiger partial charge >= 0.3 is 0 Å². The minimum atomic E-state index is 0.395. The number of unbranched alkanes of at least 4 members (excludes halogenated alkanes) is 1. The van der Waals surface area contributed by atoms with Crippen molar-refractivity contribution in [1.82, 2.24) is 4.90 Å². The van der Waals surface area contributed by atoms with Crippen molar-refractivity contribution in [3.63, 3.8) is 0 Å². The van der Waals surface area contributed by atoms with Crippen LogP contribution in [0.25, 0.3) is 0 Å². The summed E-state index contributed by atoms with van der Waals surface area (Å²) in [4.78, 5) is 2.47. The summed E-state index contributed by atoms with van der Waals surface area (Å²) in [5.41, 5.74) is 0.395.